The van der Waals surface area contributed by atoms with Gasteiger partial charge in [-0.15, -0.1) is 0 Å². The average molecular weight is 589 g/mol. The van der Waals surface area contributed by atoms with Gasteiger partial charge in [0.05, 0.1) is 21.9 Å². The molecule has 0 radical (unpaired) electrons. The molecule has 2 aromatic rings. The lowest BCUT2D eigenvalue weighted by Gasteiger charge is -2.34. The zero-order chi connectivity index (χ0) is 27.9. The van der Waals surface area contributed by atoms with Gasteiger partial charge in [-0.05, 0) is 69.5 Å². The SMILES string of the molecule is CCS(=O)(=O)NC1CCN(c2ccc(S(=O)(=O)NC(C)(C)c3ccc4c(c3)OCO4)cc2S(N)(=O)=O)CC1. The van der Waals surface area contributed by atoms with Crippen molar-refractivity contribution in [3.63, 3.8) is 0 Å². The molecule has 0 saturated carbocycles. The Labute approximate surface area is 223 Å². The predicted molar refractivity (Wildman–Crippen MR) is 142 cm³/mol. The largest absolute Gasteiger partial charge is 0.454 e. The predicted octanol–water partition coefficient (Wildman–Crippen LogP) is 1.18. The van der Waals surface area contributed by atoms with Gasteiger partial charge in [-0.3, -0.25) is 0 Å². The summed E-state index contributed by atoms with van der Waals surface area (Å²) in [6.07, 6.45) is 0.906. The van der Waals surface area contributed by atoms with Crippen LogP contribution in [0.3, 0.4) is 0 Å². The Morgan fingerprint density at radius 1 is 0.974 bits per heavy atom. The van der Waals surface area contributed by atoms with E-state index in [-0.39, 0.29) is 34.1 Å². The number of fused-ring (bicyclic) bond motifs is 1. The molecule has 2 aliphatic heterocycles. The number of rotatable bonds is 9. The summed E-state index contributed by atoms with van der Waals surface area (Å²) in [5, 5.41) is 5.49. The van der Waals surface area contributed by atoms with Gasteiger partial charge >= 0.3 is 0 Å². The van der Waals surface area contributed by atoms with E-state index in [0.29, 0.717) is 43.0 Å². The molecule has 210 valence electrons. The smallest absolute Gasteiger partial charge is 0.241 e. The second kappa shape index (κ2) is 10.3. The topological polar surface area (TPSA) is 174 Å². The van der Waals surface area contributed by atoms with Gasteiger partial charge in [0.25, 0.3) is 0 Å². The van der Waals surface area contributed by atoms with Gasteiger partial charge in [0, 0.05) is 19.1 Å². The average Bonchev–Trinajstić information content (AvgIpc) is 3.31. The van der Waals surface area contributed by atoms with Crippen LogP contribution in [0.15, 0.2) is 46.2 Å². The molecular formula is C23H32N4O8S3. The van der Waals surface area contributed by atoms with Crippen LogP contribution in [-0.2, 0) is 35.6 Å². The maximum Gasteiger partial charge on any atom is 0.241 e. The number of anilines is 1. The maximum atomic E-state index is 13.3. The first kappa shape index (κ1) is 28.6. The minimum Gasteiger partial charge on any atom is -0.454 e. The summed E-state index contributed by atoms with van der Waals surface area (Å²) in [6.45, 7) is 5.71. The van der Waals surface area contributed by atoms with Gasteiger partial charge in [0.15, 0.2) is 11.5 Å². The van der Waals surface area contributed by atoms with Crippen LogP contribution in [0.2, 0.25) is 0 Å². The van der Waals surface area contributed by atoms with Gasteiger partial charge in [-0.2, -0.15) is 0 Å². The first-order valence-corrected chi connectivity index (χ1v) is 16.7. The third-order valence-corrected chi connectivity index (χ3v) is 10.6. The van der Waals surface area contributed by atoms with E-state index in [0.717, 1.165) is 6.07 Å². The molecule has 4 N–H and O–H groups in total. The Hall–Kier alpha value is -2.43. The van der Waals surface area contributed by atoms with Crippen molar-refractivity contribution in [2.24, 2.45) is 5.14 Å². The van der Waals surface area contributed by atoms with Crippen molar-refractivity contribution in [2.75, 3.05) is 30.5 Å². The van der Waals surface area contributed by atoms with Crippen LogP contribution in [0.4, 0.5) is 5.69 Å². The number of hydrogen-bond donors (Lipinski definition) is 3. The van der Waals surface area contributed by atoms with Crippen molar-refractivity contribution >= 4 is 35.8 Å². The zero-order valence-corrected chi connectivity index (χ0v) is 23.7. The minimum absolute atomic E-state index is 0.0295. The van der Waals surface area contributed by atoms with Gasteiger partial charge in [0.2, 0.25) is 36.9 Å². The molecule has 0 spiro atoms. The van der Waals surface area contributed by atoms with E-state index in [4.69, 9.17) is 14.6 Å². The summed E-state index contributed by atoms with van der Waals surface area (Å²) in [4.78, 5) is 1.18. The third kappa shape index (κ3) is 6.24. The van der Waals surface area contributed by atoms with E-state index in [2.05, 4.69) is 9.44 Å². The monoisotopic (exact) mass is 588 g/mol. The number of piperidine rings is 1. The van der Waals surface area contributed by atoms with Crippen LogP contribution in [-0.4, -0.2) is 56.9 Å². The fourth-order valence-corrected chi connectivity index (χ4v) is 7.66. The van der Waals surface area contributed by atoms with Crippen LogP contribution in [0.5, 0.6) is 11.5 Å². The molecule has 4 rings (SSSR count). The number of hydrogen-bond acceptors (Lipinski definition) is 9. The Morgan fingerprint density at radius 2 is 1.63 bits per heavy atom. The zero-order valence-electron chi connectivity index (χ0n) is 21.3. The Kier molecular flexibility index (Phi) is 7.73. The molecule has 2 aliphatic rings. The van der Waals surface area contributed by atoms with E-state index in [1.165, 1.54) is 12.1 Å². The third-order valence-electron chi connectivity index (χ3n) is 6.59. The molecule has 0 aromatic heterocycles. The number of nitrogens with one attached hydrogen (secondary N) is 2. The van der Waals surface area contributed by atoms with E-state index >= 15 is 0 Å². The summed E-state index contributed by atoms with van der Waals surface area (Å²) in [5.41, 5.74) is -0.193. The normalized spacial score (nSPS) is 17.1. The molecular weight excluding hydrogens is 556 g/mol. The van der Waals surface area contributed by atoms with Gasteiger partial charge in [-0.1, -0.05) is 6.07 Å². The van der Waals surface area contributed by atoms with Crippen LogP contribution in [0.1, 0.15) is 39.2 Å². The van der Waals surface area contributed by atoms with Crippen LogP contribution in [0.25, 0.3) is 0 Å². The van der Waals surface area contributed by atoms with Gasteiger partial charge in [0.1, 0.15) is 4.90 Å². The summed E-state index contributed by atoms with van der Waals surface area (Å²) >= 11 is 0. The van der Waals surface area contributed by atoms with Gasteiger partial charge < -0.3 is 14.4 Å². The molecule has 0 aliphatic carbocycles. The minimum atomic E-state index is -4.29. The van der Waals surface area contributed by atoms with Crippen molar-refractivity contribution in [3.8, 4) is 11.5 Å². The highest BCUT2D eigenvalue weighted by atomic mass is 32.2. The van der Waals surface area contributed by atoms with E-state index in [1.807, 2.05) is 0 Å². The molecule has 15 heteroatoms. The highest BCUT2D eigenvalue weighted by Gasteiger charge is 2.32. The molecule has 0 unspecified atom stereocenters. The van der Waals surface area contributed by atoms with Crippen LogP contribution < -0.4 is 29.0 Å². The molecule has 1 saturated heterocycles. The van der Waals surface area contributed by atoms with Gasteiger partial charge in [-0.25, -0.2) is 39.8 Å². The molecule has 12 nitrogen and oxygen atoms in total. The number of sulfonamides is 3. The first-order valence-electron chi connectivity index (χ1n) is 12.0. The highest BCUT2D eigenvalue weighted by molar-refractivity contribution is 7.90. The molecule has 2 aromatic carbocycles. The number of benzene rings is 2. The second-order valence-electron chi connectivity index (χ2n) is 9.76. The summed E-state index contributed by atoms with van der Waals surface area (Å²) < 4.78 is 91.4. The van der Waals surface area contributed by atoms with Crippen molar-refractivity contribution in [2.45, 2.75) is 55.0 Å². The number of ether oxygens (including phenoxy) is 2. The molecule has 38 heavy (non-hydrogen) atoms. The maximum absolute atomic E-state index is 13.3. The second-order valence-corrected chi connectivity index (χ2v) is 15.0. The van der Waals surface area contributed by atoms with Crippen LogP contribution in [0, 0.1) is 0 Å². The molecule has 0 bridgehead atoms. The number of nitrogens with zero attached hydrogens (tertiary/aromatic N) is 1. The molecule has 0 amide bonds. The summed E-state index contributed by atoms with van der Waals surface area (Å²) in [6, 6.07) is 8.63. The van der Waals surface area contributed by atoms with E-state index in [9.17, 15) is 25.3 Å². The highest BCUT2D eigenvalue weighted by Crippen LogP contribution is 2.36. The molecule has 2 heterocycles. The van der Waals surface area contributed by atoms with Crippen molar-refractivity contribution < 1.29 is 34.7 Å². The lowest BCUT2D eigenvalue weighted by Crippen LogP contribution is -2.45. The fraction of sp³-hybridized carbons (Fsp3) is 0.478. The lowest BCUT2D eigenvalue weighted by molar-refractivity contribution is 0.174. The first-order chi connectivity index (χ1) is 17.6. The van der Waals surface area contributed by atoms with Crippen molar-refractivity contribution in [1.29, 1.82) is 0 Å². The summed E-state index contributed by atoms with van der Waals surface area (Å²) in [5.74, 6) is 1.03. The quantitative estimate of drug-likeness (QED) is 0.389. The molecule has 0 atom stereocenters. The Balaban J connectivity index is 1.58. The number of nitrogens with two attached hydrogens (primary N) is 1. The van der Waals surface area contributed by atoms with E-state index < -0.39 is 35.6 Å². The van der Waals surface area contributed by atoms with Crippen LogP contribution >= 0.6 is 0 Å². The van der Waals surface area contributed by atoms with Crippen molar-refractivity contribution in [3.05, 3.63) is 42.0 Å². The summed E-state index contributed by atoms with van der Waals surface area (Å²) in [7, 11) is -11.8. The Morgan fingerprint density at radius 3 is 2.26 bits per heavy atom. The lowest BCUT2D eigenvalue weighted by atomic mass is 9.95. The fourth-order valence-electron chi connectivity index (χ4n) is 4.47. The Bertz CT molecular complexity index is 1530. The standard InChI is InChI=1S/C23H32N4O8S3/c1-4-36(28,29)25-17-9-11-27(12-10-17)19-7-6-18(14-22(19)37(24,30)31)38(32,33)26-23(2,3)16-5-8-20-21(13-16)35-15-34-20/h5-8,13-14,17,25-26H,4,9-12,15H2,1-3H3,(H2,24,30,31). The molecule has 1 fully saturated rings. The number of primary sulfonamides is 1. The van der Waals surface area contributed by atoms with Crippen molar-refractivity contribution in [1.82, 2.24) is 9.44 Å². The van der Waals surface area contributed by atoms with E-state index in [1.54, 1.807) is 43.9 Å².